The molecule has 0 spiro atoms. The van der Waals surface area contributed by atoms with Crippen LogP contribution in [0.15, 0.2) is 0 Å². The summed E-state index contributed by atoms with van der Waals surface area (Å²) in [5.41, 5.74) is 0. The standard InChI is InChI=1S/C18H34N2O5/c1-5-20(6-2)9-7-8-10-24-12-14(11-13(3)4)19-17(21)15-16(25-15)18(22)23/h13-16H,5-12H2,1-4H3,(H,19,21)(H,22,23)/t14-,15-,16-/m0/s1. The molecule has 1 rings (SSSR count). The molecule has 7 nitrogen and oxygen atoms in total. The van der Waals surface area contributed by atoms with Gasteiger partial charge in [-0.05, 0) is 44.8 Å². The molecule has 0 aliphatic carbocycles. The number of hydrogen-bond donors (Lipinski definition) is 2. The maximum Gasteiger partial charge on any atom is 0.336 e. The zero-order chi connectivity index (χ0) is 18.8. The van der Waals surface area contributed by atoms with E-state index in [1.165, 1.54) is 0 Å². The first-order valence-corrected chi connectivity index (χ1v) is 9.37. The Hall–Kier alpha value is -1.18. The van der Waals surface area contributed by atoms with Crippen molar-refractivity contribution in [3.05, 3.63) is 0 Å². The third kappa shape index (κ3) is 8.65. The number of carbonyl (C=O) groups excluding carboxylic acids is 1. The van der Waals surface area contributed by atoms with Crippen molar-refractivity contribution >= 4 is 11.9 Å². The average Bonchev–Trinajstić information content (AvgIpc) is 3.34. The van der Waals surface area contributed by atoms with Crippen LogP contribution in [0.25, 0.3) is 0 Å². The van der Waals surface area contributed by atoms with E-state index in [9.17, 15) is 9.59 Å². The average molecular weight is 358 g/mol. The lowest BCUT2D eigenvalue weighted by Crippen LogP contribution is -2.42. The molecule has 3 atom stereocenters. The van der Waals surface area contributed by atoms with Crippen molar-refractivity contribution in [2.45, 2.75) is 65.2 Å². The Balaban J connectivity index is 2.24. The zero-order valence-electron chi connectivity index (χ0n) is 16.0. The third-order valence-electron chi connectivity index (χ3n) is 4.32. The summed E-state index contributed by atoms with van der Waals surface area (Å²) in [6, 6.07) is -0.117. The highest BCUT2D eigenvalue weighted by molar-refractivity contribution is 5.92. The van der Waals surface area contributed by atoms with Gasteiger partial charge in [0.25, 0.3) is 5.91 Å². The van der Waals surface area contributed by atoms with Crippen LogP contribution in [0.2, 0.25) is 0 Å². The fourth-order valence-electron chi connectivity index (χ4n) is 2.83. The molecule has 1 heterocycles. The lowest BCUT2D eigenvalue weighted by Gasteiger charge is -2.21. The Morgan fingerprint density at radius 3 is 2.40 bits per heavy atom. The van der Waals surface area contributed by atoms with Crippen LogP contribution in [0.4, 0.5) is 0 Å². The number of rotatable bonds is 14. The van der Waals surface area contributed by atoms with E-state index < -0.39 is 18.2 Å². The number of nitrogens with zero attached hydrogens (tertiary/aromatic N) is 1. The fourth-order valence-corrected chi connectivity index (χ4v) is 2.83. The second-order valence-electron chi connectivity index (χ2n) is 6.96. The largest absolute Gasteiger partial charge is 0.479 e. The van der Waals surface area contributed by atoms with Crippen molar-refractivity contribution in [2.75, 3.05) is 32.8 Å². The van der Waals surface area contributed by atoms with Crippen molar-refractivity contribution in [1.82, 2.24) is 10.2 Å². The molecule has 2 N–H and O–H groups in total. The van der Waals surface area contributed by atoms with Crippen molar-refractivity contribution in [3.63, 3.8) is 0 Å². The number of amides is 1. The number of aliphatic carboxylic acids is 1. The van der Waals surface area contributed by atoms with Crippen LogP contribution in [0.5, 0.6) is 0 Å². The second-order valence-corrected chi connectivity index (χ2v) is 6.96. The number of carboxylic acids is 1. The minimum atomic E-state index is -1.09. The van der Waals surface area contributed by atoms with Crippen LogP contribution in [0.3, 0.4) is 0 Å². The summed E-state index contributed by atoms with van der Waals surface area (Å²) >= 11 is 0. The van der Waals surface area contributed by atoms with E-state index in [0.29, 0.717) is 19.1 Å². The van der Waals surface area contributed by atoms with Gasteiger partial charge in [-0.1, -0.05) is 27.7 Å². The van der Waals surface area contributed by atoms with E-state index in [-0.39, 0.29) is 11.9 Å². The smallest absolute Gasteiger partial charge is 0.336 e. The Kier molecular flexibility index (Phi) is 10.0. The lowest BCUT2D eigenvalue weighted by molar-refractivity contribution is -0.138. The van der Waals surface area contributed by atoms with Crippen molar-refractivity contribution < 1.29 is 24.2 Å². The number of carbonyl (C=O) groups is 2. The van der Waals surface area contributed by atoms with E-state index in [2.05, 4.69) is 37.9 Å². The van der Waals surface area contributed by atoms with Crippen LogP contribution in [0, 0.1) is 5.92 Å². The van der Waals surface area contributed by atoms with Gasteiger partial charge in [0.15, 0.2) is 12.2 Å². The summed E-state index contributed by atoms with van der Waals surface area (Å²) in [5.74, 6) is -1.04. The molecule has 25 heavy (non-hydrogen) atoms. The van der Waals surface area contributed by atoms with Gasteiger partial charge in [0, 0.05) is 6.61 Å². The predicted octanol–water partition coefficient (Wildman–Crippen LogP) is 1.51. The Morgan fingerprint density at radius 1 is 1.20 bits per heavy atom. The zero-order valence-corrected chi connectivity index (χ0v) is 16.0. The minimum Gasteiger partial charge on any atom is -0.479 e. The van der Waals surface area contributed by atoms with E-state index in [0.717, 1.165) is 38.9 Å². The first-order valence-electron chi connectivity index (χ1n) is 9.37. The normalized spacial score (nSPS) is 20.7. The highest BCUT2D eigenvalue weighted by Gasteiger charge is 2.51. The molecule has 1 fully saturated rings. The third-order valence-corrected chi connectivity index (χ3v) is 4.32. The van der Waals surface area contributed by atoms with Gasteiger partial charge in [0.1, 0.15) is 0 Å². The summed E-state index contributed by atoms with van der Waals surface area (Å²) in [6.45, 7) is 12.8. The van der Waals surface area contributed by atoms with Gasteiger partial charge in [-0.15, -0.1) is 0 Å². The number of carboxylic acid groups (broad SMARTS) is 1. The van der Waals surface area contributed by atoms with Crippen molar-refractivity contribution in [3.8, 4) is 0 Å². The summed E-state index contributed by atoms with van der Waals surface area (Å²) in [5, 5.41) is 11.7. The van der Waals surface area contributed by atoms with Gasteiger partial charge >= 0.3 is 5.97 Å². The summed E-state index contributed by atoms with van der Waals surface area (Å²) in [7, 11) is 0. The van der Waals surface area contributed by atoms with E-state index >= 15 is 0 Å². The molecule has 146 valence electrons. The van der Waals surface area contributed by atoms with Gasteiger partial charge in [0.05, 0.1) is 12.6 Å². The molecule has 0 radical (unpaired) electrons. The molecule has 0 aromatic carbocycles. The van der Waals surface area contributed by atoms with E-state index in [4.69, 9.17) is 14.6 Å². The van der Waals surface area contributed by atoms with Gasteiger partial charge in [0.2, 0.25) is 0 Å². The predicted molar refractivity (Wildman–Crippen MR) is 95.5 cm³/mol. The summed E-state index contributed by atoms with van der Waals surface area (Å²) in [6.07, 6.45) is 1.02. The number of epoxide rings is 1. The first kappa shape index (κ1) is 21.9. The molecule has 1 saturated heterocycles. The molecular weight excluding hydrogens is 324 g/mol. The van der Waals surface area contributed by atoms with Gasteiger partial charge in [-0.2, -0.15) is 0 Å². The molecule has 7 heteroatoms. The quantitative estimate of drug-likeness (QED) is 0.361. The van der Waals surface area contributed by atoms with Gasteiger partial charge in [-0.25, -0.2) is 4.79 Å². The number of unbranched alkanes of at least 4 members (excludes halogenated alkanes) is 1. The first-order chi connectivity index (χ1) is 11.9. The van der Waals surface area contributed by atoms with E-state index in [1.807, 2.05) is 0 Å². The number of ether oxygens (including phenoxy) is 2. The van der Waals surface area contributed by atoms with Crippen molar-refractivity contribution in [1.29, 1.82) is 0 Å². The highest BCUT2D eigenvalue weighted by Crippen LogP contribution is 2.22. The molecule has 0 aromatic rings. The maximum atomic E-state index is 12.0. The van der Waals surface area contributed by atoms with Crippen LogP contribution >= 0.6 is 0 Å². The lowest BCUT2D eigenvalue weighted by atomic mass is 10.0. The van der Waals surface area contributed by atoms with Gasteiger partial charge in [-0.3, -0.25) is 4.79 Å². The highest BCUT2D eigenvalue weighted by atomic mass is 16.6. The molecule has 0 saturated carbocycles. The number of hydrogen-bond acceptors (Lipinski definition) is 5. The summed E-state index contributed by atoms with van der Waals surface area (Å²) in [4.78, 5) is 25.2. The maximum absolute atomic E-state index is 12.0. The van der Waals surface area contributed by atoms with Crippen LogP contribution in [0.1, 0.15) is 47.0 Å². The SMILES string of the molecule is CCN(CC)CCCCOC[C@H](CC(C)C)NC(=O)[C@H]1O[C@@H]1C(=O)O. The monoisotopic (exact) mass is 358 g/mol. The minimum absolute atomic E-state index is 0.117. The molecule has 0 unspecified atom stereocenters. The fraction of sp³-hybridized carbons (Fsp3) is 0.889. The molecular formula is C18H34N2O5. The Bertz CT molecular complexity index is 412. The molecule has 0 bridgehead atoms. The van der Waals surface area contributed by atoms with Crippen LogP contribution < -0.4 is 5.32 Å². The van der Waals surface area contributed by atoms with Gasteiger partial charge < -0.3 is 24.8 Å². The molecule has 0 aromatic heterocycles. The Morgan fingerprint density at radius 2 is 1.88 bits per heavy atom. The molecule has 1 aliphatic heterocycles. The van der Waals surface area contributed by atoms with E-state index in [1.54, 1.807) is 0 Å². The molecule has 1 amide bonds. The summed E-state index contributed by atoms with van der Waals surface area (Å²) < 4.78 is 10.6. The second kappa shape index (κ2) is 11.4. The molecule has 1 aliphatic rings. The van der Waals surface area contributed by atoms with Crippen LogP contribution in [-0.2, 0) is 19.1 Å². The topological polar surface area (TPSA) is 91.4 Å². The van der Waals surface area contributed by atoms with Crippen LogP contribution in [-0.4, -0.2) is 73.0 Å². The Labute approximate surface area is 151 Å². The van der Waals surface area contributed by atoms with Crippen molar-refractivity contribution in [2.24, 2.45) is 5.92 Å². The number of nitrogens with one attached hydrogen (secondary N) is 1.